The van der Waals surface area contributed by atoms with E-state index in [0.29, 0.717) is 19.4 Å². The molecule has 2 N–H and O–H groups in total. The summed E-state index contributed by atoms with van der Waals surface area (Å²) in [6.45, 7) is 0.499. The fourth-order valence-electron chi connectivity index (χ4n) is 3.11. The Morgan fingerprint density at radius 2 is 1.91 bits per heavy atom. The monoisotopic (exact) mass is 478 g/mol. The highest BCUT2D eigenvalue weighted by atomic mass is 35.5. The molecule has 1 heterocycles. The maximum Gasteiger partial charge on any atom is 0.242 e. The number of amides is 1. The number of halogens is 2. The van der Waals surface area contributed by atoms with Crippen LogP contribution in [0.1, 0.15) is 18.5 Å². The molecule has 1 aromatic heterocycles. The van der Waals surface area contributed by atoms with Crippen molar-refractivity contribution in [3.63, 3.8) is 0 Å². The molecule has 0 fully saturated rings. The zero-order chi connectivity index (χ0) is 23.1. The van der Waals surface area contributed by atoms with E-state index in [1.54, 1.807) is 36.2 Å². The summed E-state index contributed by atoms with van der Waals surface area (Å²) in [4.78, 5) is 13.9. The molecule has 0 aliphatic rings. The summed E-state index contributed by atoms with van der Waals surface area (Å²) in [6, 6.07) is 14.2. The first kappa shape index (κ1) is 23.9. The number of H-pyrrole nitrogens is 1. The van der Waals surface area contributed by atoms with Crippen LogP contribution < -0.4 is 4.72 Å². The van der Waals surface area contributed by atoms with Crippen molar-refractivity contribution in [3.8, 4) is 11.3 Å². The van der Waals surface area contributed by atoms with Crippen molar-refractivity contribution in [1.29, 1.82) is 0 Å². The van der Waals surface area contributed by atoms with E-state index >= 15 is 0 Å². The molecule has 0 bridgehead atoms. The highest BCUT2D eigenvalue weighted by Gasteiger charge is 2.18. The minimum Gasteiger partial charge on any atom is -0.346 e. The summed E-state index contributed by atoms with van der Waals surface area (Å²) < 4.78 is 40.1. The van der Waals surface area contributed by atoms with Crippen LogP contribution in [0.5, 0.6) is 0 Å². The molecule has 32 heavy (non-hydrogen) atoms. The van der Waals surface area contributed by atoms with E-state index in [2.05, 4.69) is 14.9 Å². The zero-order valence-electron chi connectivity index (χ0n) is 17.5. The molecule has 170 valence electrons. The zero-order valence-corrected chi connectivity index (χ0v) is 19.1. The van der Waals surface area contributed by atoms with Crippen LogP contribution in [-0.4, -0.2) is 49.6 Å². The Kier molecular flexibility index (Phi) is 8.00. The van der Waals surface area contributed by atoms with Gasteiger partial charge in [0.15, 0.2) is 0 Å². The topological polar surface area (TPSA) is 95.2 Å². The second-order valence-corrected chi connectivity index (χ2v) is 9.42. The van der Waals surface area contributed by atoms with E-state index in [9.17, 15) is 17.6 Å². The minimum atomic E-state index is -3.77. The first-order chi connectivity index (χ1) is 15.3. The average molecular weight is 479 g/mol. The van der Waals surface area contributed by atoms with E-state index in [-0.39, 0.29) is 34.6 Å². The quantitative estimate of drug-likeness (QED) is 0.465. The molecule has 2 aromatic carbocycles. The Morgan fingerprint density at radius 3 is 2.62 bits per heavy atom. The van der Waals surface area contributed by atoms with Crippen molar-refractivity contribution < 1.29 is 17.6 Å². The normalized spacial score (nSPS) is 11.5. The molecular weight excluding hydrogens is 455 g/mol. The van der Waals surface area contributed by atoms with Gasteiger partial charge in [0, 0.05) is 37.8 Å². The lowest BCUT2D eigenvalue weighted by molar-refractivity contribution is -0.129. The Balaban J connectivity index is 1.41. The van der Waals surface area contributed by atoms with Crippen LogP contribution in [0.4, 0.5) is 4.39 Å². The number of aromatic nitrogens is 2. The fourth-order valence-corrected chi connectivity index (χ4v) is 4.66. The molecule has 10 heteroatoms. The van der Waals surface area contributed by atoms with Gasteiger partial charge >= 0.3 is 0 Å². The number of carbonyl (C=O) groups is 1. The van der Waals surface area contributed by atoms with Crippen LogP contribution in [0.2, 0.25) is 5.02 Å². The van der Waals surface area contributed by atoms with Crippen LogP contribution in [0.25, 0.3) is 11.3 Å². The average Bonchev–Trinajstić information content (AvgIpc) is 3.23. The predicted octanol–water partition coefficient (Wildman–Crippen LogP) is 3.63. The van der Waals surface area contributed by atoms with Crippen LogP contribution in [0, 0.1) is 5.82 Å². The molecule has 0 saturated carbocycles. The highest BCUT2D eigenvalue weighted by Crippen LogP contribution is 2.20. The maximum atomic E-state index is 13.0. The predicted molar refractivity (Wildman–Crippen MR) is 121 cm³/mol. The van der Waals surface area contributed by atoms with Gasteiger partial charge in [0.1, 0.15) is 10.7 Å². The molecule has 0 aliphatic carbocycles. The lowest BCUT2D eigenvalue weighted by Crippen LogP contribution is -2.33. The summed E-state index contributed by atoms with van der Waals surface area (Å²) in [6.07, 6.45) is 1.43. The van der Waals surface area contributed by atoms with Gasteiger partial charge in [0.2, 0.25) is 15.9 Å². The molecule has 3 aromatic rings. The third-order valence-corrected chi connectivity index (χ3v) is 6.85. The molecule has 0 radical (unpaired) electrons. The highest BCUT2D eigenvalue weighted by molar-refractivity contribution is 7.89. The number of rotatable bonds is 10. The summed E-state index contributed by atoms with van der Waals surface area (Å²) in [5, 5.41) is 7.33. The molecule has 0 aliphatic heterocycles. The Bertz CT molecular complexity index is 1170. The van der Waals surface area contributed by atoms with E-state index < -0.39 is 10.0 Å². The van der Waals surface area contributed by atoms with Gasteiger partial charge < -0.3 is 4.90 Å². The van der Waals surface area contributed by atoms with Gasteiger partial charge in [-0.05, 0) is 55.3 Å². The van der Waals surface area contributed by atoms with Gasteiger partial charge in [0.25, 0.3) is 0 Å². The molecule has 0 atom stereocenters. The van der Waals surface area contributed by atoms with Crippen molar-refractivity contribution >= 4 is 27.5 Å². The molecule has 0 spiro atoms. The van der Waals surface area contributed by atoms with Crippen LogP contribution in [0.15, 0.2) is 59.5 Å². The number of aryl methyl sites for hydroxylation is 1. The standard InChI is InChI=1S/C22H24ClFN4O3S/c1-28(22(29)12-13-25-32(30,31)21-7-3-2-6-19(21)23)14-4-5-18-15-20(27-26-18)16-8-10-17(24)11-9-16/h2-3,6-11,15,25H,4-5,12-14H2,1H3,(H,26,27). The van der Waals surface area contributed by atoms with Crippen LogP contribution >= 0.6 is 11.6 Å². The van der Waals surface area contributed by atoms with Crippen molar-refractivity contribution in [1.82, 2.24) is 19.8 Å². The SMILES string of the molecule is CN(CCCc1cc(-c2ccc(F)cc2)n[nH]1)C(=O)CCNS(=O)(=O)c1ccccc1Cl. The van der Waals surface area contributed by atoms with Crippen LogP contribution in [-0.2, 0) is 21.2 Å². The minimum absolute atomic E-state index is 0.0120. The fraction of sp³-hybridized carbons (Fsp3) is 0.273. The lowest BCUT2D eigenvalue weighted by atomic mass is 10.1. The van der Waals surface area contributed by atoms with Crippen LogP contribution in [0.3, 0.4) is 0 Å². The van der Waals surface area contributed by atoms with E-state index in [0.717, 1.165) is 17.0 Å². The Morgan fingerprint density at radius 1 is 1.19 bits per heavy atom. The molecule has 3 rings (SSSR count). The van der Waals surface area contributed by atoms with Crippen molar-refractivity contribution in [2.24, 2.45) is 0 Å². The number of carbonyl (C=O) groups excluding carboxylic acids is 1. The third kappa shape index (κ3) is 6.38. The van der Waals surface area contributed by atoms with E-state index in [1.165, 1.54) is 24.3 Å². The lowest BCUT2D eigenvalue weighted by Gasteiger charge is -2.17. The first-order valence-electron chi connectivity index (χ1n) is 10.0. The van der Waals surface area contributed by atoms with Crippen molar-refractivity contribution in [2.45, 2.75) is 24.2 Å². The van der Waals surface area contributed by atoms with E-state index in [4.69, 9.17) is 11.6 Å². The number of benzene rings is 2. The molecule has 7 nitrogen and oxygen atoms in total. The number of hydrogen-bond donors (Lipinski definition) is 2. The van der Waals surface area contributed by atoms with Gasteiger partial charge in [-0.3, -0.25) is 9.89 Å². The maximum absolute atomic E-state index is 13.0. The second-order valence-electron chi connectivity index (χ2n) is 7.28. The number of hydrogen-bond acceptors (Lipinski definition) is 4. The molecule has 1 amide bonds. The molecule has 0 unspecified atom stereocenters. The van der Waals surface area contributed by atoms with Gasteiger partial charge in [-0.1, -0.05) is 23.7 Å². The van der Waals surface area contributed by atoms with Gasteiger partial charge in [-0.25, -0.2) is 17.5 Å². The summed E-state index contributed by atoms with van der Waals surface area (Å²) in [5.41, 5.74) is 2.47. The molecular formula is C22H24ClFN4O3S. The Hall–Kier alpha value is -2.75. The van der Waals surface area contributed by atoms with Gasteiger partial charge in [-0.15, -0.1) is 0 Å². The number of nitrogens with one attached hydrogen (secondary N) is 2. The summed E-state index contributed by atoms with van der Waals surface area (Å²) >= 11 is 5.93. The summed E-state index contributed by atoms with van der Waals surface area (Å²) in [7, 11) is -2.09. The first-order valence-corrected chi connectivity index (χ1v) is 11.9. The smallest absolute Gasteiger partial charge is 0.242 e. The number of sulfonamides is 1. The van der Waals surface area contributed by atoms with E-state index in [1.807, 2.05) is 6.07 Å². The Labute approximate surface area is 191 Å². The largest absolute Gasteiger partial charge is 0.346 e. The van der Waals surface area contributed by atoms with Gasteiger partial charge in [-0.2, -0.15) is 5.10 Å². The van der Waals surface area contributed by atoms with Gasteiger partial charge in [0.05, 0.1) is 10.7 Å². The van der Waals surface area contributed by atoms with Crippen molar-refractivity contribution in [2.75, 3.05) is 20.1 Å². The second kappa shape index (κ2) is 10.7. The van der Waals surface area contributed by atoms with Crippen molar-refractivity contribution in [3.05, 3.63) is 71.1 Å². The molecule has 0 saturated heterocycles. The summed E-state index contributed by atoms with van der Waals surface area (Å²) in [5.74, 6) is -0.461. The number of nitrogens with zero attached hydrogens (tertiary/aromatic N) is 2. The third-order valence-electron chi connectivity index (χ3n) is 4.89. The number of aromatic amines is 1.